The van der Waals surface area contributed by atoms with Crippen LogP contribution in [0.5, 0.6) is 5.75 Å². The zero-order chi connectivity index (χ0) is 18.2. The Bertz CT molecular complexity index is 817. The molecule has 1 aliphatic rings. The minimum atomic E-state index is -0.848. The fraction of sp³-hybridized carbons (Fsp3) is 0.294. The van der Waals surface area contributed by atoms with E-state index in [4.69, 9.17) is 10.5 Å². The first kappa shape index (κ1) is 16.8. The molecule has 1 atom stereocenters. The predicted octanol–water partition coefficient (Wildman–Crippen LogP) is 2.19. The van der Waals surface area contributed by atoms with Crippen molar-refractivity contribution in [2.45, 2.75) is 25.5 Å². The number of pyridine rings is 1. The zero-order valence-corrected chi connectivity index (χ0v) is 13.9. The zero-order valence-electron chi connectivity index (χ0n) is 13.9. The number of nitrogens with two attached hydrogens (primary N) is 1. The first-order valence-electron chi connectivity index (χ1n) is 7.73. The number of hydrogen-bond acceptors (Lipinski definition) is 6. The monoisotopic (exact) mass is 342 g/mol. The summed E-state index contributed by atoms with van der Waals surface area (Å²) >= 11 is 0. The maximum atomic E-state index is 13.0. The Morgan fingerprint density at radius 1 is 1.28 bits per heavy atom. The lowest BCUT2D eigenvalue weighted by atomic mass is 10.0. The van der Waals surface area contributed by atoms with Crippen molar-refractivity contribution in [3.05, 3.63) is 58.1 Å². The average Bonchev–Trinajstić information content (AvgIpc) is 2.56. The van der Waals surface area contributed by atoms with Crippen LogP contribution in [-0.2, 0) is 4.79 Å². The number of amides is 1. The summed E-state index contributed by atoms with van der Waals surface area (Å²) in [5.74, 6) is -0.286. The highest BCUT2D eigenvalue weighted by atomic mass is 16.6. The molecule has 3 rings (SSSR count). The van der Waals surface area contributed by atoms with Gasteiger partial charge in [-0.15, -0.1) is 0 Å². The van der Waals surface area contributed by atoms with Crippen molar-refractivity contribution in [1.82, 2.24) is 4.98 Å². The summed E-state index contributed by atoms with van der Waals surface area (Å²) in [6, 6.07) is 11.8. The third-order valence-corrected chi connectivity index (χ3v) is 3.67. The third-order valence-electron chi connectivity index (χ3n) is 3.67. The Balaban J connectivity index is 2.08. The molecule has 25 heavy (non-hydrogen) atoms. The number of benzene rings is 1. The molecule has 2 heterocycles. The van der Waals surface area contributed by atoms with Crippen LogP contribution in [-0.4, -0.2) is 27.9 Å². The fourth-order valence-corrected chi connectivity index (χ4v) is 2.63. The first-order valence-corrected chi connectivity index (χ1v) is 7.73. The number of hydrogen-bond donors (Lipinski definition) is 1. The van der Waals surface area contributed by atoms with Crippen LogP contribution in [0.4, 0.5) is 11.6 Å². The molecule has 130 valence electrons. The highest BCUT2D eigenvalue weighted by Crippen LogP contribution is 2.39. The smallest absolute Gasteiger partial charge is 0.366 e. The van der Waals surface area contributed by atoms with Gasteiger partial charge in [-0.05, 0) is 29.8 Å². The van der Waals surface area contributed by atoms with E-state index >= 15 is 0 Å². The van der Waals surface area contributed by atoms with E-state index in [1.165, 1.54) is 17.0 Å². The Morgan fingerprint density at radius 3 is 2.56 bits per heavy atom. The van der Waals surface area contributed by atoms with Crippen LogP contribution in [0.1, 0.15) is 25.5 Å². The molecule has 1 unspecified atom stereocenters. The van der Waals surface area contributed by atoms with Gasteiger partial charge in [0.15, 0.2) is 5.75 Å². The van der Waals surface area contributed by atoms with Crippen molar-refractivity contribution in [1.29, 1.82) is 0 Å². The summed E-state index contributed by atoms with van der Waals surface area (Å²) in [6.07, 6.45) is -0.848. The fourth-order valence-electron chi connectivity index (χ4n) is 2.63. The topological polar surface area (TPSA) is 112 Å². The number of carbonyl (C=O) groups excluding carboxylic acids is 1. The largest absolute Gasteiger partial charge is 0.469 e. The van der Waals surface area contributed by atoms with Gasteiger partial charge >= 0.3 is 5.82 Å². The first-order chi connectivity index (χ1) is 11.8. The number of fused-ring (bicyclic) bond motifs is 1. The van der Waals surface area contributed by atoms with Crippen LogP contribution < -0.4 is 15.4 Å². The molecule has 0 radical (unpaired) electrons. The molecule has 0 saturated heterocycles. The highest BCUT2D eigenvalue weighted by Gasteiger charge is 2.41. The van der Waals surface area contributed by atoms with Gasteiger partial charge in [0.2, 0.25) is 6.10 Å². The molecule has 2 N–H and O–H groups in total. The summed E-state index contributed by atoms with van der Waals surface area (Å²) in [4.78, 5) is 28.7. The van der Waals surface area contributed by atoms with E-state index in [9.17, 15) is 14.9 Å². The number of nitro groups is 1. The Kier molecular flexibility index (Phi) is 4.13. The molecule has 1 aromatic carbocycles. The van der Waals surface area contributed by atoms with Crippen LogP contribution in [0.2, 0.25) is 0 Å². The standard InChI is InChI=1S/C17H18N4O4/c1-17(2,18)10-20-15-12(8-9-13(19-15)21(23)24)25-14(16(20)22)11-6-4-3-5-7-11/h3-9,14H,10,18H2,1-2H3. The van der Waals surface area contributed by atoms with Gasteiger partial charge in [0.1, 0.15) is 0 Å². The van der Waals surface area contributed by atoms with Crippen LogP contribution >= 0.6 is 0 Å². The van der Waals surface area contributed by atoms with Crippen molar-refractivity contribution < 1.29 is 14.5 Å². The minimum absolute atomic E-state index is 0.116. The normalized spacial score (nSPS) is 17.0. The Hall–Kier alpha value is -3.00. The summed E-state index contributed by atoms with van der Waals surface area (Å²) in [7, 11) is 0. The molecule has 1 aliphatic heterocycles. The summed E-state index contributed by atoms with van der Waals surface area (Å²) in [5.41, 5.74) is 6.05. The molecule has 2 aromatic rings. The molecule has 0 aliphatic carbocycles. The number of rotatable bonds is 4. The lowest BCUT2D eigenvalue weighted by molar-refractivity contribution is -0.389. The van der Waals surface area contributed by atoms with Crippen molar-refractivity contribution >= 4 is 17.5 Å². The van der Waals surface area contributed by atoms with E-state index in [1.807, 2.05) is 18.2 Å². The molecule has 0 spiro atoms. The molecule has 0 fully saturated rings. The van der Waals surface area contributed by atoms with E-state index in [0.29, 0.717) is 11.3 Å². The molecule has 1 aromatic heterocycles. The Labute approximate surface area is 144 Å². The second-order valence-electron chi connectivity index (χ2n) is 6.57. The number of ether oxygens (including phenoxy) is 1. The summed E-state index contributed by atoms with van der Waals surface area (Å²) in [6.45, 7) is 3.69. The molecule has 0 saturated carbocycles. The number of carbonyl (C=O) groups is 1. The molecule has 8 nitrogen and oxygen atoms in total. The van der Waals surface area contributed by atoms with E-state index in [2.05, 4.69) is 4.98 Å². The quantitative estimate of drug-likeness (QED) is 0.673. The van der Waals surface area contributed by atoms with E-state index < -0.39 is 16.6 Å². The molecule has 0 bridgehead atoms. The molecular weight excluding hydrogens is 324 g/mol. The highest BCUT2D eigenvalue weighted by molar-refractivity contribution is 5.99. The van der Waals surface area contributed by atoms with Gasteiger partial charge in [0, 0.05) is 23.7 Å². The summed E-state index contributed by atoms with van der Waals surface area (Å²) in [5, 5.41) is 11.0. The SMILES string of the molecule is CC(C)(N)CN1C(=O)C(c2ccccc2)Oc2ccc([N+](=O)[O-])nc21. The van der Waals surface area contributed by atoms with Gasteiger partial charge in [-0.25, -0.2) is 0 Å². The molecular formula is C17H18N4O4. The second kappa shape index (κ2) is 6.14. The summed E-state index contributed by atoms with van der Waals surface area (Å²) < 4.78 is 5.79. The third kappa shape index (κ3) is 3.43. The lowest BCUT2D eigenvalue weighted by Gasteiger charge is -2.34. The number of aromatic nitrogens is 1. The van der Waals surface area contributed by atoms with Crippen LogP contribution in [0.15, 0.2) is 42.5 Å². The van der Waals surface area contributed by atoms with E-state index in [-0.39, 0.29) is 24.1 Å². The van der Waals surface area contributed by atoms with Crippen molar-refractivity contribution in [3.8, 4) is 5.75 Å². The van der Waals surface area contributed by atoms with Crippen molar-refractivity contribution in [2.75, 3.05) is 11.4 Å². The van der Waals surface area contributed by atoms with Crippen LogP contribution in [0.3, 0.4) is 0 Å². The van der Waals surface area contributed by atoms with Gasteiger partial charge in [-0.3, -0.25) is 9.69 Å². The van der Waals surface area contributed by atoms with Gasteiger partial charge in [-0.1, -0.05) is 30.3 Å². The van der Waals surface area contributed by atoms with Crippen LogP contribution in [0, 0.1) is 10.1 Å². The van der Waals surface area contributed by atoms with E-state index in [0.717, 1.165) is 0 Å². The number of anilines is 1. The molecule has 8 heteroatoms. The maximum absolute atomic E-state index is 13.0. The molecule has 1 amide bonds. The second-order valence-corrected chi connectivity index (χ2v) is 6.57. The van der Waals surface area contributed by atoms with Gasteiger partial charge < -0.3 is 20.6 Å². The average molecular weight is 342 g/mol. The van der Waals surface area contributed by atoms with Crippen molar-refractivity contribution in [2.24, 2.45) is 5.73 Å². The number of nitrogens with zero attached hydrogens (tertiary/aromatic N) is 3. The van der Waals surface area contributed by atoms with Gasteiger partial charge in [0.05, 0.1) is 0 Å². The predicted molar refractivity (Wildman–Crippen MR) is 91.3 cm³/mol. The maximum Gasteiger partial charge on any atom is 0.366 e. The van der Waals surface area contributed by atoms with Gasteiger partial charge in [-0.2, -0.15) is 0 Å². The van der Waals surface area contributed by atoms with Gasteiger partial charge in [0.25, 0.3) is 11.7 Å². The minimum Gasteiger partial charge on any atom is -0.469 e. The van der Waals surface area contributed by atoms with E-state index in [1.54, 1.807) is 26.0 Å². The lowest BCUT2D eigenvalue weighted by Crippen LogP contribution is -2.51. The van der Waals surface area contributed by atoms with Crippen molar-refractivity contribution in [3.63, 3.8) is 0 Å². The Morgan fingerprint density at radius 2 is 1.96 bits per heavy atom. The van der Waals surface area contributed by atoms with Crippen LogP contribution in [0.25, 0.3) is 0 Å².